The van der Waals surface area contributed by atoms with Crippen LogP contribution >= 0.6 is 11.6 Å². The zero-order valence-corrected chi connectivity index (χ0v) is 18.3. The third kappa shape index (κ3) is 5.58. The van der Waals surface area contributed by atoms with Crippen LogP contribution in [0, 0.1) is 0 Å². The van der Waals surface area contributed by atoms with Crippen molar-refractivity contribution in [2.75, 3.05) is 37.4 Å². The summed E-state index contributed by atoms with van der Waals surface area (Å²) in [6, 6.07) is 11.6. The van der Waals surface area contributed by atoms with Gasteiger partial charge >= 0.3 is 0 Å². The highest BCUT2D eigenvalue weighted by Gasteiger charge is 2.26. The molecular weight excluding hydrogens is 452 g/mol. The predicted molar refractivity (Wildman–Crippen MR) is 113 cm³/mol. The monoisotopic (exact) mass is 472 g/mol. The predicted octanol–water partition coefficient (Wildman–Crippen LogP) is 2.16. The molecule has 0 aliphatic carbocycles. The van der Waals surface area contributed by atoms with Gasteiger partial charge in [0.1, 0.15) is 0 Å². The molecule has 3 rings (SSSR count). The molecular formula is C19H21ClN2O6S2. The summed E-state index contributed by atoms with van der Waals surface area (Å²) in [6.45, 7) is 1.19. The molecule has 0 spiro atoms. The number of amides is 1. The molecule has 0 aromatic heterocycles. The Hall–Kier alpha value is -1.98. The third-order valence-electron chi connectivity index (χ3n) is 4.50. The van der Waals surface area contributed by atoms with E-state index in [1.54, 1.807) is 6.07 Å². The van der Waals surface area contributed by atoms with E-state index >= 15 is 0 Å². The van der Waals surface area contributed by atoms with E-state index in [-0.39, 0.29) is 40.7 Å². The summed E-state index contributed by atoms with van der Waals surface area (Å²) < 4.78 is 56.7. The number of anilines is 1. The van der Waals surface area contributed by atoms with Crippen LogP contribution in [0.4, 0.5) is 5.69 Å². The van der Waals surface area contributed by atoms with Crippen LogP contribution in [0.2, 0.25) is 5.02 Å². The van der Waals surface area contributed by atoms with E-state index in [1.165, 1.54) is 46.8 Å². The molecule has 0 radical (unpaired) electrons. The zero-order chi connectivity index (χ0) is 21.8. The third-order valence-corrected chi connectivity index (χ3v) is 8.37. The molecule has 8 nitrogen and oxygen atoms in total. The molecule has 1 N–H and O–H groups in total. The molecule has 11 heteroatoms. The number of sulfonamides is 1. The molecule has 1 aliphatic heterocycles. The number of nitrogens with zero attached hydrogens (tertiary/aromatic N) is 1. The Morgan fingerprint density at radius 1 is 1.00 bits per heavy atom. The first-order valence-electron chi connectivity index (χ1n) is 9.15. The minimum Gasteiger partial charge on any atom is -0.379 e. The number of carbonyl (C=O) groups is 1. The maximum Gasteiger partial charge on any atom is 0.243 e. The van der Waals surface area contributed by atoms with E-state index in [0.717, 1.165) is 0 Å². The van der Waals surface area contributed by atoms with Gasteiger partial charge in [0.05, 0.1) is 28.8 Å². The molecule has 1 fully saturated rings. The summed E-state index contributed by atoms with van der Waals surface area (Å²) in [6.07, 6.45) is -0.272. The first-order chi connectivity index (χ1) is 14.2. The van der Waals surface area contributed by atoms with Gasteiger partial charge in [-0.05, 0) is 42.5 Å². The highest BCUT2D eigenvalue weighted by molar-refractivity contribution is 7.91. The van der Waals surface area contributed by atoms with E-state index < -0.39 is 25.8 Å². The lowest BCUT2D eigenvalue weighted by Gasteiger charge is -2.26. The van der Waals surface area contributed by atoms with Crippen molar-refractivity contribution in [1.82, 2.24) is 4.31 Å². The van der Waals surface area contributed by atoms with Gasteiger partial charge in [0.15, 0.2) is 9.84 Å². The van der Waals surface area contributed by atoms with Gasteiger partial charge < -0.3 is 10.1 Å². The fourth-order valence-electron chi connectivity index (χ4n) is 2.88. The summed E-state index contributed by atoms with van der Waals surface area (Å²) in [4.78, 5) is 12.4. The molecule has 1 amide bonds. The highest BCUT2D eigenvalue weighted by Crippen LogP contribution is 2.21. The van der Waals surface area contributed by atoms with Crippen LogP contribution in [0.15, 0.2) is 58.3 Å². The molecule has 1 saturated heterocycles. The second-order valence-corrected chi connectivity index (χ2v) is 11.1. The zero-order valence-electron chi connectivity index (χ0n) is 16.0. The lowest BCUT2D eigenvalue weighted by Crippen LogP contribution is -2.40. The first kappa shape index (κ1) is 22.7. The molecule has 1 aliphatic rings. The van der Waals surface area contributed by atoms with Crippen LogP contribution in [0.1, 0.15) is 6.42 Å². The SMILES string of the molecule is O=C(CCS(=O)(=O)c1ccc(Cl)cc1)Nc1cccc(S(=O)(=O)N2CCOCC2)c1. The van der Waals surface area contributed by atoms with Gasteiger partial charge in [0.25, 0.3) is 0 Å². The van der Waals surface area contributed by atoms with Gasteiger partial charge in [-0.15, -0.1) is 0 Å². The standard InChI is InChI=1S/C19H21ClN2O6S2/c20-15-4-6-17(7-5-15)29(24,25)13-8-19(23)21-16-2-1-3-18(14-16)30(26,27)22-9-11-28-12-10-22/h1-7,14H,8-13H2,(H,21,23). The average molecular weight is 473 g/mol. The van der Waals surface area contributed by atoms with E-state index in [1.807, 2.05) is 0 Å². The number of rotatable bonds is 7. The van der Waals surface area contributed by atoms with Crippen molar-refractivity contribution < 1.29 is 26.4 Å². The number of nitrogens with one attached hydrogen (secondary N) is 1. The van der Waals surface area contributed by atoms with Crippen LogP contribution in [0.5, 0.6) is 0 Å². The molecule has 0 saturated carbocycles. The van der Waals surface area contributed by atoms with Gasteiger partial charge in [-0.2, -0.15) is 4.31 Å². The van der Waals surface area contributed by atoms with Crippen molar-refractivity contribution in [1.29, 1.82) is 0 Å². The van der Waals surface area contributed by atoms with Crippen molar-refractivity contribution in [3.63, 3.8) is 0 Å². The fraction of sp³-hybridized carbons (Fsp3) is 0.316. The van der Waals surface area contributed by atoms with Gasteiger partial charge in [-0.3, -0.25) is 4.79 Å². The summed E-state index contributed by atoms with van der Waals surface area (Å²) in [5.74, 6) is -0.917. The van der Waals surface area contributed by atoms with Crippen LogP contribution in [-0.2, 0) is 29.4 Å². The number of morpholine rings is 1. The second kappa shape index (κ2) is 9.44. The molecule has 0 unspecified atom stereocenters. The first-order valence-corrected chi connectivity index (χ1v) is 12.6. The number of hydrogen-bond acceptors (Lipinski definition) is 6. The smallest absolute Gasteiger partial charge is 0.243 e. The molecule has 0 bridgehead atoms. The van der Waals surface area contributed by atoms with Crippen LogP contribution < -0.4 is 5.32 Å². The Labute approximate surface area is 180 Å². The minimum absolute atomic E-state index is 0.0518. The molecule has 1 heterocycles. The fourth-order valence-corrected chi connectivity index (χ4v) is 5.70. The normalized spacial score (nSPS) is 15.6. The lowest BCUT2D eigenvalue weighted by molar-refractivity contribution is -0.115. The number of hydrogen-bond donors (Lipinski definition) is 1. The average Bonchev–Trinajstić information content (AvgIpc) is 2.73. The number of sulfone groups is 1. The topological polar surface area (TPSA) is 110 Å². The minimum atomic E-state index is -3.70. The largest absolute Gasteiger partial charge is 0.379 e. The molecule has 30 heavy (non-hydrogen) atoms. The van der Waals surface area contributed by atoms with E-state index in [9.17, 15) is 21.6 Å². The Morgan fingerprint density at radius 3 is 2.33 bits per heavy atom. The summed E-state index contributed by atoms with van der Waals surface area (Å²) in [5, 5.41) is 2.97. The summed E-state index contributed by atoms with van der Waals surface area (Å²) in [5.41, 5.74) is 0.276. The van der Waals surface area contributed by atoms with Crippen LogP contribution in [-0.4, -0.2) is 59.1 Å². The second-order valence-electron chi connectivity index (χ2n) is 6.62. The number of halogens is 1. The van der Waals surface area contributed by atoms with Crippen molar-refractivity contribution in [2.24, 2.45) is 0 Å². The van der Waals surface area contributed by atoms with Crippen molar-refractivity contribution in [3.8, 4) is 0 Å². The summed E-state index contributed by atoms with van der Waals surface area (Å²) >= 11 is 5.76. The number of carbonyl (C=O) groups excluding carboxylic acids is 1. The maximum absolute atomic E-state index is 12.7. The molecule has 2 aromatic rings. The quantitative estimate of drug-likeness (QED) is 0.661. The Kier molecular flexibility index (Phi) is 7.14. The van der Waals surface area contributed by atoms with E-state index in [4.69, 9.17) is 16.3 Å². The van der Waals surface area contributed by atoms with Gasteiger partial charge in [-0.25, -0.2) is 16.8 Å². The highest BCUT2D eigenvalue weighted by atomic mass is 35.5. The van der Waals surface area contributed by atoms with Gasteiger partial charge in [-0.1, -0.05) is 17.7 Å². The van der Waals surface area contributed by atoms with Crippen LogP contribution in [0.25, 0.3) is 0 Å². The Bertz CT molecular complexity index is 1110. The van der Waals surface area contributed by atoms with Crippen molar-refractivity contribution in [2.45, 2.75) is 16.2 Å². The Morgan fingerprint density at radius 2 is 1.67 bits per heavy atom. The van der Waals surface area contributed by atoms with Crippen molar-refractivity contribution in [3.05, 3.63) is 53.6 Å². The molecule has 2 aromatic carbocycles. The molecule has 162 valence electrons. The molecule has 0 atom stereocenters. The van der Waals surface area contributed by atoms with Gasteiger partial charge in [0.2, 0.25) is 15.9 Å². The summed E-state index contributed by atoms with van der Waals surface area (Å²) in [7, 11) is -7.34. The van der Waals surface area contributed by atoms with E-state index in [2.05, 4.69) is 5.32 Å². The number of benzene rings is 2. The number of ether oxygens (including phenoxy) is 1. The lowest BCUT2D eigenvalue weighted by atomic mass is 10.3. The van der Waals surface area contributed by atoms with Crippen LogP contribution in [0.3, 0.4) is 0 Å². The maximum atomic E-state index is 12.7. The van der Waals surface area contributed by atoms with Gasteiger partial charge in [0, 0.05) is 30.2 Å². The van der Waals surface area contributed by atoms with Crippen molar-refractivity contribution >= 4 is 43.1 Å². The van der Waals surface area contributed by atoms with E-state index in [0.29, 0.717) is 18.2 Å². The Balaban J connectivity index is 1.64.